The molecule has 0 atom stereocenters. The van der Waals surface area contributed by atoms with Crippen LogP contribution in [-0.4, -0.2) is 12.7 Å². The maximum Gasteiger partial charge on any atom is 0.102 e. The van der Waals surface area contributed by atoms with E-state index in [1.807, 2.05) is 24.3 Å². The lowest BCUT2D eigenvalue weighted by atomic mass is 9.63. The van der Waals surface area contributed by atoms with E-state index in [1.165, 1.54) is 0 Å². The van der Waals surface area contributed by atoms with Crippen LogP contribution in [0.2, 0.25) is 0 Å². The Labute approximate surface area is 83.1 Å². The predicted molar refractivity (Wildman–Crippen MR) is 55.7 cm³/mol. The zero-order chi connectivity index (χ0) is 10.2. The molecule has 0 spiro atoms. The Kier molecular flexibility index (Phi) is 2.19. The van der Waals surface area contributed by atoms with Crippen LogP contribution in [0.25, 0.3) is 0 Å². The van der Waals surface area contributed by atoms with Crippen molar-refractivity contribution in [2.75, 3.05) is 12.3 Å². The first-order valence-corrected chi connectivity index (χ1v) is 4.86. The monoisotopic (exact) mass is 194 g/mol. The minimum Gasteiger partial charge on any atom is -0.399 e. The number of nitrogen functional groups attached to an aromatic ring is 1. The van der Waals surface area contributed by atoms with Gasteiger partial charge in [-0.2, -0.15) is 0 Å². The third-order valence-electron chi connectivity index (χ3n) is 3.11. The zero-order valence-electron chi connectivity index (χ0n) is 8.04. The molecule has 0 bridgehead atoms. The van der Waals surface area contributed by atoms with Crippen molar-refractivity contribution in [3.05, 3.63) is 29.8 Å². The topological polar surface area (TPSA) is 52.0 Å². The van der Waals surface area contributed by atoms with Gasteiger partial charge in [-0.15, -0.1) is 0 Å². The molecule has 1 saturated carbocycles. The number of nitrogens with two attached hydrogens (primary N) is 2. The van der Waals surface area contributed by atoms with Crippen LogP contribution in [0.1, 0.15) is 18.4 Å². The van der Waals surface area contributed by atoms with Gasteiger partial charge in [0.25, 0.3) is 0 Å². The molecule has 0 aromatic heterocycles. The summed E-state index contributed by atoms with van der Waals surface area (Å²) < 4.78 is 12.9. The number of hydrogen-bond donors (Lipinski definition) is 2. The van der Waals surface area contributed by atoms with Crippen molar-refractivity contribution >= 4 is 5.69 Å². The Morgan fingerprint density at radius 2 is 2.14 bits per heavy atom. The fourth-order valence-electron chi connectivity index (χ4n) is 2.18. The van der Waals surface area contributed by atoms with Gasteiger partial charge in [0.2, 0.25) is 0 Å². The normalized spacial score (nSPS) is 31.1. The summed E-state index contributed by atoms with van der Waals surface area (Å²) in [4.78, 5) is 0. The SMILES string of the molecule is NCC1(c2cccc(N)c2)CC(F)C1. The summed E-state index contributed by atoms with van der Waals surface area (Å²) >= 11 is 0. The highest BCUT2D eigenvalue weighted by Gasteiger charge is 2.44. The van der Waals surface area contributed by atoms with Crippen LogP contribution in [0.3, 0.4) is 0 Å². The first-order valence-electron chi connectivity index (χ1n) is 4.86. The van der Waals surface area contributed by atoms with Gasteiger partial charge in [0.15, 0.2) is 0 Å². The van der Waals surface area contributed by atoms with Crippen molar-refractivity contribution < 1.29 is 4.39 Å². The molecule has 4 N–H and O–H groups in total. The molecule has 0 radical (unpaired) electrons. The fraction of sp³-hybridized carbons (Fsp3) is 0.455. The highest BCUT2D eigenvalue weighted by Crippen LogP contribution is 2.44. The quantitative estimate of drug-likeness (QED) is 0.702. The van der Waals surface area contributed by atoms with Crippen molar-refractivity contribution in [3.63, 3.8) is 0 Å². The van der Waals surface area contributed by atoms with Gasteiger partial charge in [-0.25, -0.2) is 4.39 Å². The molecule has 0 unspecified atom stereocenters. The number of rotatable bonds is 2. The molecule has 0 heterocycles. The number of alkyl halides is 1. The van der Waals surface area contributed by atoms with Gasteiger partial charge in [-0.05, 0) is 30.5 Å². The molecule has 3 heteroatoms. The van der Waals surface area contributed by atoms with E-state index in [1.54, 1.807) is 0 Å². The van der Waals surface area contributed by atoms with Crippen LogP contribution in [0.5, 0.6) is 0 Å². The van der Waals surface area contributed by atoms with E-state index in [0.717, 1.165) is 11.3 Å². The second-order valence-corrected chi connectivity index (χ2v) is 4.12. The van der Waals surface area contributed by atoms with Crippen LogP contribution in [-0.2, 0) is 5.41 Å². The molecule has 14 heavy (non-hydrogen) atoms. The van der Waals surface area contributed by atoms with Crippen molar-refractivity contribution in [1.82, 2.24) is 0 Å². The Balaban J connectivity index is 2.29. The van der Waals surface area contributed by atoms with Crippen LogP contribution in [0.15, 0.2) is 24.3 Å². The first kappa shape index (κ1) is 9.46. The zero-order valence-corrected chi connectivity index (χ0v) is 8.04. The number of anilines is 1. The third-order valence-corrected chi connectivity index (χ3v) is 3.11. The minimum absolute atomic E-state index is 0.158. The maximum atomic E-state index is 12.9. The number of benzene rings is 1. The van der Waals surface area contributed by atoms with Crippen molar-refractivity contribution in [2.24, 2.45) is 5.73 Å². The van der Waals surface area contributed by atoms with E-state index in [9.17, 15) is 4.39 Å². The molecule has 1 aromatic rings. The first-order chi connectivity index (χ1) is 6.66. The van der Waals surface area contributed by atoms with Gasteiger partial charge in [0.05, 0.1) is 0 Å². The highest BCUT2D eigenvalue weighted by molar-refractivity contribution is 5.44. The van der Waals surface area contributed by atoms with Crippen LogP contribution in [0.4, 0.5) is 10.1 Å². The lowest BCUT2D eigenvalue weighted by Gasteiger charge is -2.44. The fourth-order valence-corrected chi connectivity index (χ4v) is 2.18. The summed E-state index contributed by atoms with van der Waals surface area (Å²) in [6.45, 7) is 0.497. The molecule has 1 fully saturated rings. The van der Waals surface area contributed by atoms with Gasteiger partial charge < -0.3 is 11.5 Å². The van der Waals surface area contributed by atoms with Gasteiger partial charge >= 0.3 is 0 Å². The maximum absolute atomic E-state index is 12.9. The van der Waals surface area contributed by atoms with Gasteiger partial charge in [-0.1, -0.05) is 12.1 Å². The van der Waals surface area contributed by atoms with E-state index >= 15 is 0 Å². The van der Waals surface area contributed by atoms with E-state index < -0.39 is 6.17 Å². The Bertz CT molecular complexity index is 332. The second kappa shape index (κ2) is 3.24. The summed E-state index contributed by atoms with van der Waals surface area (Å²) in [5.74, 6) is 0. The van der Waals surface area contributed by atoms with Crippen molar-refractivity contribution in [3.8, 4) is 0 Å². The Morgan fingerprint density at radius 3 is 2.64 bits per heavy atom. The molecule has 2 rings (SSSR count). The van der Waals surface area contributed by atoms with Crippen molar-refractivity contribution in [1.29, 1.82) is 0 Å². The largest absolute Gasteiger partial charge is 0.399 e. The smallest absolute Gasteiger partial charge is 0.102 e. The molecule has 0 saturated heterocycles. The molecule has 0 aliphatic heterocycles. The summed E-state index contributed by atoms with van der Waals surface area (Å²) in [7, 11) is 0. The second-order valence-electron chi connectivity index (χ2n) is 4.12. The molecule has 76 valence electrons. The average Bonchev–Trinajstić information content (AvgIpc) is 2.12. The third kappa shape index (κ3) is 1.38. The summed E-state index contributed by atoms with van der Waals surface area (Å²) in [5, 5.41) is 0. The van der Waals surface area contributed by atoms with Gasteiger partial charge in [0, 0.05) is 17.6 Å². The number of halogens is 1. The lowest BCUT2D eigenvalue weighted by molar-refractivity contribution is 0.0997. The summed E-state index contributed by atoms with van der Waals surface area (Å²) in [6, 6.07) is 7.61. The summed E-state index contributed by atoms with van der Waals surface area (Å²) in [5.41, 5.74) is 13.0. The van der Waals surface area contributed by atoms with Gasteiger partial charge in [-0.3, -0.25) is 0 Å². The van der Waals surface area contributed by atoms with E-state index in [4.69, 9.17) is 11.5 Å². The predicted octanol–water partition coefficient (Wildman–Crippen LogP) is 1.60. The van der Waals surface area contributed by atoms with Crippen molar-refractivity contribution in [2.45, 2.75) is 24.4 Å². The van der Waals surface area contributed by atoms with E-state index in [0.29, 0.717) is 19.4 Å². The molecule has 1 aliphatic rings. The van der Waals surface area contributed by atoms with Crippen LogP contribution in [0, 0.1) is 0 Å². The average molecular weight is 194 g/mol. The lowest BCUT2D eigenvalue weighted by Crippen LogP contribution is -2.48. The summed E-state index contributed by atoms with van der Waals surface area (Å²) in [6.07, 6.45) is 0.375. The van der Waals surface area contributed by atoms with Crippen LogP contribution >= 0.6 is 0 Å². The van der Waals surface area contributed by atoms with E-state index in [-0.39, 0.29) is 5.41 Å². The molecule has 2 nitrogen and oxygen atoms in total. The minimum atomic E-state index is -0.694. The standard InChI is InChI=1S/C11H15FN2/c12-9-5-11(6-9,7-13)8-2-1-3-10(14)4-8/h1-4,9H,5-7,13-14H2. The van der Waals surface area contributed by atoms with Crippen LogP contribution < -0.4 is 11.5 Å². The molecule has 1 aliphatic carbocycles. The van der Waals surface area contributed by atoms with E-state index in [2.05, 4.69) is 0 Å². The van der Waals surface area contributed by atoms with Gasteiger partial charge in [0.1, 0.15) is 6.17 Å². The number of hydrogen-bond acceptors (Lipinski definition) is 2. The highest BCUT2D eigenvalue weighted by atomic mass is 19.1. The molecule has 0 amide bonds. The molecular weight excluding hydrogens is 179 g/mol. The Hall–Kier alpha value is -1.09. The molecular formula is C11H15FN2. The molecule has 1 aromatic carbocycles. The Morgan fingerprint density at radius 1 is 1.43 bits per heavy atom.